The van der Waals surface area contributed by atoms with E-state index < -0.39 is 0 Å². The Morgan fingerprint density at radius 2 is 2.12 bits per heavy atom. The van der Waals surface area contributed by atoms with Gasteiger partial charge in [0.25, 0.3) is 0 Å². The predicted octanol–water partition coefficient (Wildman–Crippen LogP) is 3.84. The minimum absolute atomic E-state index is 0. The maximum atomic E-state index is 4.52. The SMILES string of the molecule is CN=C(NCCc1cccc2cccnc12)NC1CCC(SC)C1.I. The molecule has 0 spiro atoms. The first kappa shape index (κ1) is 20.3. The molecule has 2 N–H and O–H groups in total. The summed E-state index contributed by atoms with van der Waals surface area (Å²) in [6.07, 6.45) is 8.78. The van der Waals surface area contributed by atoms with Gasteiger partial charge in [-0.15, -0.1) is 24.0 Å². The Bertz CT molecular complexity index is 701. The fraction of sp³-hybridized carbons (Fsp3) is 0.474. The summed E-state index contributed by atoms with van der Waals surface area (Å²) >= 11 is 1.98. The minimum Gasteiger partial charge on any atom is -0.356 e. The number of aliphatic imine (C=N–C) groups is 1. The van der Waals surface area contributed by atoms with Crippen LogP contribution in [0.25, 0.3) is 10.9 Å². The van der Waals surface area contributed by atoms with Crippen LogP contribution in [0.2, 0.25) is 0 Å². The van der Waals surface area contributed by atoms with E-state index in [0.717, 1.165) is 29.7 Å². The Balaban J connectivity index is 0.00000225. The van der Waals surface area contributed by atoms with Gasteiger partial charge in [-0.25, -0.2) is 0 Å². The number of benzene rings is 1. The number of halogens is 1. The zero-order chi connectivity index (χ0) is 16.8. The van der Waals surface area contributed by atoms with E-state index in [1.807, 2.05) is 31.1 Å². The zero-order valence-corrected chi connectivity index (χ0v) is 18.0. The second-order valence-electron chi connectivity index (χ2n) is 6.25. The van der Waals surface area contributed by atoms with Gasteiger partial charge in [-0.2, -0.15) is 11.8 Å². The lowest BCUT2D eigenvalue weighted by Gasteiger charge is -2.17. The van der Waals surface area contributed by atoms with Crippen LogP contribution < -0.4 is 10.6 Å². The van der Waals surface area contributed by atoms with Crippen molar-refractivity contribution in [2.24, 2.45) is 4.99 Å². The molecule has 0 bridgehead atoms. The Morgan fingerprint density at radius 1 is 1.28 bits per heavy atom. The van der Waals surface area contributed by atoms with Gasteiger partial charge >= 0.3 is 0 Å². The van der Waals surface area contributed by atoms with Crippen LogP contribution in [0.15, 0.2) is 41.5 Å². The summed E-state index contributed by atoms with van der Waals surface area (Å²) in [4.78, 5) is 8.89. The maximum Gasteiger partial charge on any atom is 0.191 e. The van der Waals surface area contributed by atoms with E-state index in [-0.39, 0.29) is 24.0 Å². The van der Waals surface area contributed by atoms with Crippen molar-refractivity contribution in [1.82, 2.24) is 15.6 Å². The van der Waals surface area contributed by atoms with Crippen molar-refractivity contribution < 1.29 is 0 Å². The van der Waals surface area contributed by atoms with Gasteiger partial charge in [-0.3, -0.25) is 9.98 Å². The summed E-state index contributed by atoms with van der Waals surface area (Å²) in [6, 6.07) is 11.0. The lowest BCUT2D eigenvalue weighted by molar-refractivity contribution is 0.615. The molecule has 1 aliphatic rings. The van der Waals surface area contributed by atoms with E-state index in [9.17, 15) is 0 Å². The Hall–Kier alpha value is -1.02. The fourth-order valence-electron chi connectivity index (χ4n) is 3.36. The second-order valence-corrected chi connectivity index (χ2v) is 7.39. The first-order chi connectivity index (χ1) is 11.8. The molecule has 1 aliphatic carbocycles. The summed E-state index contributed by atoms with van der Waals surface area (Å²) < 4.78 is 0. The molecule has 1 saturated carbocycles. The molecule has 4 nitrogen and oxygen atoms in total. The van der Waals surface area contributed by atoms with Crippen LogP contribution in [-0.2, 0) is 6.42 Å². The third-order valence-electron chi connectivity index (χ3n) is 4.69. The van der Waals surface area contributed by atoms with Crippen molar-refractivity contribution in [3.8, 4) is 0 Å². The van der Waals surface area contributed by atoms with Crippen molar-refractivity contribution >= 4 is 52.6 Å². The Labute approximate surface area is 171 Å². The number of hydrogen-bond acceptors (Lipinski definition) is 3. The average Bonchev–Trinajstić information content (AvgIpc) is 3.08. The van der Waals surface area contributed by atoms with E-state index in [1.165, 1.54) is 30.2 Å². The van der Waals surface area contributed by atoms with Crippen molar-refractivity contribution in [2.75, 3.05) is 19.8 Å². The second kappa shape index (κ2) is 10.2. The number of aromatic nitrogens is 1. The third-order valence-corrected chi connectivity index (χ3v) is 5.78. The van der Waals surface area contributed by atoms with Crippen molar-refractivity contribution in [3.05, 3.63) is 42.1 Å². The van der Waals surface area contributed by atoms with Gasteiger partial charge in [0.2, 0.25) is 0 Å². The third kappa shape index (κ3) is 5.48. The molecule has 1 fully saturated rings. The number of rotatable bonds is 5. The molecule has 2 aromatic rings. The Morgan fingerprint density at radius 3 is 2.88 bits per heavy atom. The van der Waals surface area contributed by atoms with Crippen LogP contribution in [0.1, 0.15) is 24.8 Å². The lowest BCUT2D eigenvalue weighted by Crippen LogP contribution is -2.43. The standard InChI is InChI=1S/C19H26N4S.HI/c1-20-19(23-16-8-9-17(13-16)24-2)22-12-10-15-6-3-5-14-7-4-11-21-18(14)15;/h3-7,11,16-17H,8-10,12-13H2,1-2H3,(H2,20,22,23);1H. The molecule has 6 heteroatoms. The summed E-state index contributed by atoms with van der Waals surface area (Å²) in [5.41, 5.74) is 2.38. The number of fused-ring (bicyclic) bond motifs is 1. The number of pyridine rings is 1. The highest BCUT2D eigenvalue weighted by Crippen LogP contribution is 2.28. The molecule has 0 amide bonds. The van der Waals surface area contributed by atoms with Crippen LogP contribution in [0.4, 0.5) is 0 Å². The minimum atomic E-state index is 0. The van der Waals surface area contributed by atoms with Crippen molar-refractivity contribution in [2.45, 2.75) is 37.0 Å². The number of guanidine groups is 1. The van der Waals surface area contributed by atoms with Gasteiger partial charge in [-0.05, 0) is 43.6 Å². The van der Waals surface area contributed by atoms with Crippen LogP contribution in [0.3, 0.4) is 0 Å². The molecule has 1 heterocycles. The first-order valence-corrected chi connectivity index (χ1v) is 9.91. The molecular formula is C19H27IN4S. The van der Waals surface area contributed by atoms with Gasteiger partial charge in [0.1, 0.15) is 0 Å². The highest BCUT2D eigenvalue weighted by Gasteiger charge is 2.24. The van der Waals surface area contributed by atoms with E-state index in [4.69, 9.17) is 0 Å². The Kier molecular flexibility index (Phi) is 8.29. The molecule has 136 valence electrons. The first-order valence-electron chi connectivity index (χ1n) is 8.62. The summed E-state index contributed by atoms with van der Waals surface area (Å²) in [7, 11) is 1.84. The van der Waals surface area contributed by atoms with Gasteiger partial charge in [-0.1, -0.05) is 24.3 Å². The molecule has 2 unspecified atom stereocenters. The molecule has 1 aromatic heterocycles. The molecule has 2 atom stereocenters. The number of hydrogen-bond donors (Lipinski definition) is 2. The van der Waals surface area contributed by atoms with Crippen LogP contribution in [-0.4, -0.2) is 42.1 Å². The summed E-state index contributed by atoms with van der Waals surface area (Å²) in [5, 5.41) is 9.00. The molecule has 1 aromatic carbocycles. The predicted molar refractivity (Wildman–Crippen MR) is 120 cm³/mol. The van der Waals surface area contributed by atoms with Crippen molar-refractivity contribution in [1.29, 1.82) is 0 Å². The quantitative estimate of drug-likeness (QED) is 0.396. The monoisotopic (exact) mass is 470 g/mol. The average molecular weight is 470 g/mol. The molecule has 0 aliphatic heterocycles. The van der Waals surface area contributed by atoms with E-state index in [1.54, 1.807) is 0 Å². The zero-order valence-electron chi connectivity index (χ0n) is 14.9. The van der Waals surface area contributed by atoms with Crippen LogP contribution in [0, 0.1) is 0 Å². The number of nitrogens with one attached hydrogen (secondary N) is 2. The number of para-hydroxylation sites is 1. The van der Waals surface area contributed by atoms with E-state index in [0.29, 0.717) is 6.04 Å². The summed E-state index contributed by atoms with van der Waals surface area (Å²) in [5.74, 6) is 0.912. The molecule has 3 rings (SSSR count). The van der Waals surface area contributed by atoms with Gasteiger partial charge < -0.3 is 10.6 Å². The van der Waals surface area contributed by atoms with E-state index in [2.05, 4.69) is 51.1 Å². The molecule has 0 radical (unpaired) electrons. The van der Waals surface area contributed by atoms with E-state index >= 15 is 0 Å². The lowest BCUT2D eigenvalue weighted by atomic mass is 10.1. The van der Waals surface area contributed by atoms with Crippen LogP contribution in [0.5, 0.6) is 0 Å². The smallest absolute Gasteiger partial charge is 0.191 e. The summed E-state index contributed by atoms with van der Waals surface area (Å²) in [6.45, 7) is 0.855. The van der Waals surface area contributed by atoms with Gasteiger partial charge in [0.15, 0.2) is 5.96 Å². The number of nitrogens with zero attached hydrogens (tertiary/aromatic N) is 2. The highest BCUT2D eigenvalue weighted by atomic mass is 127. The van der Waals surface area contributed by atoms with Crippen molar-refractivity contribution in [3.63, 3.8) is 0 Å². The molecular weight excluding hydrogens is 443 g/mol. The number of thioether (sulfide) groups is 1. The van der Waals surface area contributed by atoms with Gasteiger partial charge in [0, 0.05) is 36.5 Å². The molecule has 0 saturated heterocycles. The van der Waals surface area contributed by atoms with Gasteiger partial charge in [0.05, 0.1) is 5.52 Å². The maximum absolute atomic E-state index is 4.52. The highest BCUT2D eigenvalue weighted by molar-refractivity contribution is 14.0. The van der Waals surface area contributed by atoms with Crippen LogP contribution >= 0.6 is 35.7 Å². The topological polar surface area (TPSA) is 49.3 Å². The largest absolute Gasteiger partial charge is 0.356 e. The normalized spacial score (nSPS) is 20.3. The molecule has 25 heavy (non-hydrogen) atoms. The fourth-order valence-corrected chi connectivity index (χ4v) is 4.15.